The normalized spacial score (nSPS) is 11.2. The number of nitrogens with one attached hydrogen (secondary N) is 3. The highest BCUT2D eigenvalue weighted by molar-refractivity contribution is 7.80. The van der Waals surface area contributed by atoms with Crippen molar-refractivity contribution < 1.29 is 22.6 Å². The zero-order valence-corrected chi connectivity index (χ0v) is 20.7. The lowest BCUT2D eigenvalue weighted by molar-refractivity contribution is -0.274. The van der Waals surface area contributed by atoms with Crippen molar-refractivity contribution in [1.29, 1.82) is 0 Å². The van der Waals surface area contributed by atoms with Gasteiger partial charge in [0.25, 0.3) is 0 Å². The van der Waals surface area contributed by atoms with E-state index >= 15 is 0 Å². The Labute approximate surface area is 216 Å². The number of alkyl halides is 3. The molecule has 12 heteroatoms. The van der Waals surface area contributed by atoms with E-state index in [1.165, 1.54) is 35.3 Å². The van der Waals surface area contributed by atoms with Crippen LogP contribution in [0.1, 0.15) is 11.1 Å². The maximum absolute atomic E-state index is 12.3. The van der Waals surface area contributed by atoms with Crippen molar-refractivity contribution in [1.82, 2.24) is 25.6 Å². The van der Waals surface area contributed by atoms with Gasteiger partial charge in [-0.1, -0.05) is 30.3 Å². The van der Waals surface area contributed by atoms with Crippen LogP contribution in [0.25, 0.3) is 17.1 Å². The number of hydrogen-bond donors (Lipinski definition) is 3. The number of benzene rings is 3. The van der Waals surface area contributed by atoms with Gasteiger partial charge in [0, 0.05) is 12.1 Å². The van der Waals surface area contributed by atoms with E-state index in [1.807, 2.05) is 49.4 Å². The molecule has 0 radical (unpaired) electrons. The number of nitrogens with zero attached hydrogens (tertiary/aromatic N) is 3. The van der Waals surface area contributed by atoms with Gasteiger partial charge in [-0.3, -0.25) is 5.43 Å². The standard InChI is InChI=1S/C25H23F3N6O2S/c1-16-3-12-21(22(13-16)35-2)31-24(37)32-30-14-17-4-6-18(7-5-17)23-29-15-34(33-23)19-8-10-20(11-9-19)36-25(26,27)28/h3-13,15,30H,14H2,1-2H3,(H2,31,32,37). The molecule has 0 aliphatic rings. The number of halogens is 3. The lowest BCUT2D eigenvalue weighted by Crippen LogP contribution is -2.39. The second-order valence-corrected chi connectivity index (χ2v) is 8.30. The van der Waals surface area contributed by atoms with E-state index in [2.05, 4.69) is 31.0 Å². The molecule has 1 heterocycles. The summed E-state index contributed by atoms with van der Waals surface area (Å²) in [6.45, 7) is 2.48. The number of hydrazine groups is 1. The van der Waals surface area contributed by atoms with Crippen molar-refractivity contribution in [3.05, 3.63) is 84.2 Å². The number of aryl methyl sites for hydroxylation is 1. The van der Waals surface area contributed by atoms with Crippen molar-refractivity contribution in [3.63, 3.8) is 0 Å². The summed E-state index contributed by atoms with van der Waals surface area (Å²) in [5, 5.41) is 7.89. The molecule has 4 rings (SSSR count). The van der Waals surface area contributed by atoms with Gasteiger partial charge in [-0.2, -0.15) is 0 Å². The third kappa shape index (κ3) is 7.18. The van der Waals surface area contributed by atoms with Crippen molar-refractivity contribution in [2.75, 3.05) is 12.4 Å². The van der Waals surface area contributed by atoms with Crippen molar-refractivity contribution in [2.24, 2.45) is 0 Å². The molecule has 0 atom stereocenters. The summed E-state index contributed by atoms with van der Waals surface area (Å²) in [6.07, 6.45) is -3.25. The number of hydrogen-bond acceptors (Lipinski definition) is 6. The molecular formula is C25H23F3N6O2S. The molecule has 1 aromatic heterocycles. The summed E-state index contributed by atoms with van der Waals surface area (Å²) in [4.78, 5) is 4.30. The number of anilines is 1. The van der Waals surface area contributed by atoms with E-state index in [0.29, 0.717) is 28.9 Å². The van der Waals surface area contributed by atoms with Gasteiger partial charge in [0.1, 0.15) is 17.8 Å². The first-order valence-corrected chi connectivity index (χ1v) is 11.4. The van der Waals surface area contributed by atoms with Crippen LogP contribution in [0, 0.1) is 6.92 Å². The van der Waals surface area contributed by atoms with E-state index in [9.17, 15) is 13.2 Å². The summed E-state index contributed by atoms with van der Waals surface area (Å²) in [6, 6.07) is 18.8. The quantitative estimate of drug-likeness (QED) is 0.214. The molecular weight excluding hydrogens is 505 g/mol. The summed E-state index contributed by atoms with van der Waals surface area (Å²) < 4.78 is 47.7. The molecule has 3 aromatic carbocycles. The molecule has 8 nitrogen and oxygen atoms in total. The molecule has 192 valence electrons. The third-order valence-corrected chi connectivity index (χ3v) is 5.34. The minimum Gasteiger partial charge on any atom is -0.495 e. The van der Waals surface area contributed by atoms with Gasteiger partial charge in [0.2, 0.25) is 0 Å². The van der Waals surface area contributed by atoms with Gasteiger partial charge in [-0.05, 0) is 66.7 Å². The fraction of sp³-hybridized carbons (Fsp3) is 0.160. The number of aromatic nitrogens is 3. The molecule has 37 heavy (non-hydrogen) atoms. The Balaban J connectivity index is 1.30. The molecule has 4 aromatic rings. The first-order valence-electron chi connectivity index (χ1n) is 11.0. The van der Waals surface area contributed by atoms with Crippen LogP contribution < -0.4 is 25.6 Å². The molecule has 0 bridgehead atoms. The predicted molar refractivity (Wildman–Crippen MR) is 137 cm³/mol. The Hall–Kier alpha value is -4.16. The van der Waals surface area contributed by atoms with Crippen molar-refractivity contribution >= 4 is 23.0 Å². The van der Waals surface area contributed by atoms with Crippen LogP contribution in [-0.4, -0.2) is 33.3 Å². The second-order valence-electron chi connectivity index (χ2n) is 7.89. The first kappa shape index (κ1) is 25.9. The van der Waals surface area contributed by atoms with E-state index in [4.69, 9.17) is 17.0 Å². The van der Waals surface area contributed by atoms with Crippen LogP contribution in [0.2, 0.25) is 0 Å². The highest BCUT2D eigenvalue weighted by Crippen LogP contribution is 2.25. The third-order valence-electron chi connectivity index (χ3n) is 5.14. The Morgan fingerprint density at radius 3 is 2.43 bits per heavy atom. The Morgan fingerprint density at radius 1 is 1.03 bits per heavy atom. The molecule has 0 fully saturated rings. The first-order chi connectivity index (χ1) is 17.7. The SMILES string of the molecule is COc1cc(C)ccc1NC(=S)NNCc1ccc(-c2ncn(-c3ccc(OC(F)(F)F)cc3)n2)cc1. The summed E-state index contributed by atoms with van der Waals surface area (Å²) in [5.41, 5.74) is 10.2. The lowest BCUT2D eigenvalue weighted by atomic mass is 10.1. The average molecular weight is 529 g/mol. The van der Waals surface area contributed by atoms with E-state index in [0.717, 1.165) is 22.4 Å². The molecule has 0 aliphatic heterocycles. The van der Waals surface area contributed by atoms with E-state index < -0.39 is 6.36 Å². The Bertz CT molecular complexity index is 1360. The van der Waals surface area contributed by atoms with Crippen LogP contribution in [0.4, 0.5) is 18.9 Å². The summed E-state index contributed by atoms with van der Waals surface area (Å²) in [5.74, 6) is 0.871. The highest BCUT2D eigenvalue weighted by Gasteiger charge is 2.31. The zero-order valence-electron chi connectivity index (χ0n) is 19.8. The molecule has 0 saturated heterocycles. The van der Waals surface area contributed by atoms with Crippen LogP contribution in [-0.2, 0) is 6.54 Å². The largest absolute Gasteiger partial charge is 0.573 e. The van der Waals surface area contributed by atoms with Gasteiger partial charge in [-0.15, -0.1) is 18.3 Å². The number of ether oxygens (including phenoxy) is 2. The topological polar surface area (TPSA) is 85.3 Å². The average Bonchev–Trinajstić information content (AvgIpc) is 3.35. The Morgan fingerprint density at radius 2 is 1.76 bits per heavy atom. The van der Waals surface area contributed by atoms with Gasteiger partial charge in [-0.25, -0.2) is 15.1 Å². The molecule has 0 unspecified atom stereocenters. The molecule has 3 N–H and O–H groups in total. The van der Waals surface area contributed by atoms with E-state index in [-0.39, 0.29) is 5.75 Å². The monoisotopic (exact) mass is 528 g/mol. The second kappa shape index (κ2) is 11.3. The maximum atomic E-state index is 12.3. The van der Waals surface area contributed by atoms with Crippen LogP contribution in [0.15, 0.2) is 73.1 Å². The van der Waals surface area contributed by atoms with E-state index in [1.54, 1.807) is 7.11 Å². The predicted octanol–water partition coefficient (Wildman–Crippen LogP) is 5.14. The number of rotatable bonds is 8. The number of methoxy groups -OCH3 is 1. The molecule has 0 saturated carbocycles. The summed E-state index contributed by atoms with van der Waals surface area (Å²) >= 11 is 5.33. The van der Waals surface area contributed by atoms with Gasteiger partial charge < -0.3 is 14.8 Å². The molecule has 0 amide bonds. The van der Waals surface area contributed by atoms with Gasteiger partial charge >= 0.3 is 6.36 Å². The summed E-state index contributed by atoms with van der Waals surface area (Å²) in [7, 11) is 1.60. The minimum absolute atomic E-state index is 0.304. The Kier molecular flexibility index (Phi) is 7.89. The smallest absolute Gasteiger partial charge is 0.495 e. The molecule has 0 aliphatic carbocycles. The van der Waals surface area contributed by atoms with Crippen molar-refractivity contribution in [2.45, 2.75) is 19.8 Å². The van der Waals surface area contributed by atoms with Crippen LogP contribution in [0.3, 0.4) is 0 Å². The van der Waals surface area contributed by atoms with Gasteiger partial charge in [0.05, 0.1) is 18.5 Å². The van der Waals surface area contributed by atoms with Gasteiger partial charge in [0.15, 0.2) is 10.9 Å². The maximum Gasteiger partial charge on any atom is 0.573 e. The fourth-order valence-corrected chi connectivity index (χ4v) is 3.56. The van der Waals surface area contributed by atoms with Crippen molar-refractivity contribution in [3.8, 4) is 28.6 Å². The lowest BCUT2D eigenvalue weighted by Gasteiger charge is -2.14. The molecule has 0 spiro atoms. The minimum atomic E-state index is -4.74. The zero-order chi connectivity index (χ0) is 26.4. The highest BCUT2D eigenvalue weighted by atomic mass is 32.1. The van der Waals surface area contributed by atoms with Crippen LogP contribution >= 0.6 is 12.2 Å². The fourth-order valence-electron chi connectivity index (χ4n) is 3.37. The van der Waals surface area contributed by atoms with Crippen LogP contribution in [0.5, 0.6) is 11.5 Å². The number of thiocarbonyl (C=S) groups is 1.